The van der Waals surface area contributed by atoms with Crippen molar-refractivity contribution in [3.05, 3.63) is 0 Å². The third kappa shape index (κ3) is 2.93. The first-order chi connectivity index (χ1) is 6.13. The fourth-order valence-corrected chi connectivity index (χ4v) is 1.76. The van der Waals surface area contributed by atoms with Crippen molar-refractivity contribution in [1.29, 1.82) is 0 Å². The molecule has 0 saturated carbocycles. The zero-order valence-electron chi connectivity index (χ0n) is 7.79. The molecule has 1 aliphatic heterocycles. The van der Waals surface area contributed by atoms with Crippen LogP contribution in [0.3, 0.4) is 0 Å². The maximum Gasteiger partial charge on any atom is 0.231 e. The first-order valence-electron chi connectivity index (χ1n) is 4.44. The maximum atomic E-state index is 13.0. The van der Waals surface area contributed by atoms with E-state index >= 15 is 0 Å². The molecule has 0 aromatic rings. The summed E-state index contributed by atoms with van der Waals surface area (Å²) in [5.41, 5.74) is 5.05. The highest BCUT2D eigenvalue weighted by atomic mass is 19.1. The van der Waals surface area contributed by atoms with Crippen molar-refractivity contribution in [3.63, 3.8) is 0 Å². The van der Waals surface area contributed by atoms with E-state index in [0.717, 1.165) is 0 Å². The van der Waals surface area contributed by atoms with Crippen molar-refractivity contribution >= 4 is 5.91 Å². The largest absolute Gasteiger partial charge is 0.369 e. The smallest absolute Gasteiger partial charge is 0.231 e. The van der Waals surface area contributed by atoms with Gasteiger partial charge in [-0.05, 0) is 13.5 Å². The van der Waals surface area contributed by atoms with Crippen LogP contribution in [-0.2, 0) is 4.79 Å². The van der Waals surface area contributed by atoms with E-state index in [0.29, 0.717) is 19.5 Å². The van der Waals surface area contributed by atoms with E-state index in [9.17, 15) is 9.18 Å². The third-order valence-corrected chi connectivity index (χ3v) is 2.28. The van der Waals surface area contributed by atoms with E-state index in [1.54, 1.807) is 4.90 Å². The van der Waals surface area contributed by atoms with Crippen LogP contribution in [0.1, 0.15) is 6.42 Å². The van der Waals surface area contributed by atoms with Crippen LogP contribution >= 0.6 is 0 Å². The molecule has 3 N–H and O–H groups in total. The number of hydrogen-bond donors (Lipinski definition) is 2. The van der Waals surface area contributed by atoms with Gasteiger partial charge in [-0.25, -0.2) is 4.39 Å². The number of nitrogens with two attached hydrogens (primary N) is 1. The Bertz CT molecular complexity index is 188. The Morgan fingerprint density at radius 2 is 2.46 bits per heavy atom. The van der Waals surface area contributed by atoms with Crippen LogP contribution < -0.4 is 11.1 Å². The topological polar surface area (TPSA) is 58.4 Å². The van der Waals surface area contributed by atoms with Crippen LogP contribution in [0.25, 0.3) is 0 Å². The lowest BCUT2D eigenvalue weighted by molar-refractivity contribution is -0.119. The zero-order valence-corrected chi connectivity index (χ0v) is 7.79. The minimum absolute atomic E-state index is 0.104. The van der Waals surface area contributed by atoms with E-state index in [1.165, 1.54) is 0 Å². The number of alkyl halides is 1. The van der Waals surface area contributed by atoms with Gasteiger partial charge in [0, 0.05) is 19.1 Å². The molecule has 1 heterocycles. The normalized spacial score (nSPS) is 29.4. The second-order valence-electron chi connectivity index (χ2n) is 3.44. The van der Waals surface area contributed by atoms with Gasteiger partial charge < -0.3 is 11.1 Å². The molecule has 0 radical (unpaired) electrons. The van der Waals surface area contributed by atoms with Crippen LogP contribution in [0, 0.1) is 0 Å². The Morgan fingerprint density at radius 1 is 1.77 bits per heavy atom. The molecule has 0 unspecified atom stereocenters. The molecule has 0 aliphatic carbocycles. The average molecular weight is 189 g/mol. The van der Waals surface area contributed by atoms with Crippen molar-refractivity contribution < 1.29 is 9.18 Å². The van der Waals surface area contributed by atoms with E-state index < -0.39 is 12.1 Å². The molecule has 4 nitrogen and oxygen atoms in total. The minimum Gasteiger partial charge on any atom is -0.369 e. The number of rotatable bonds is 4. The van der Waals surface area contributed by atoms with Crippen molar-refractivity contribution in [3.8, 4) is 0 Å². The first-order valence-corrected chi connectivity index (χ1v) is 4.44. The Balaban J connectivity index is 2.45. The summed E-state index contributed by atoms with van der Waals surface area (Å²) < 4.78 is 13.0. The highest BCUT2D eigenvalue weighted by Gasteiger charge is 2.31. The van der Waals surface area contributed by atoms with Crippen LogP contribution in [0.4, 0.5) is 4.39 Å². The molecule has 1 rings (SSSR count). The van der Waals surface area contributed by atoms with E-state index in [4.69, 9.17) is 5.73 Å². The molecular weight excluding hydrogens is 173 g/mol. The van der Waals surface area contributed by atoms with Crippen LogP contribution in [0.2, 0.25) is 0 Å². The number of likely N-dealkylation sites (N-methyl/N-ethyl adjacent to an activating group) is 1. The summed E-state index contributed by atoms with van der Waals surface area (Å²) in [5, 5.41) is 2.97. The van der Waals surface area contributed by atoms with E-state index in [1.807, 2.05) is 7.05 Å². The SMILES string of the molecule is CNC[C@H]1C[C@H](F)CN1CC(N)=O. The third-order valence-electron chi connectivity index (χ3n) is 2.28. The van der Waals surface area contributed by atoms with Gasteiger partial charge in [0.05, 0.1) is 6.54 Å². The molecule has 76 valence electrons. The standard InChI is InChI=1S/C8H16FN3O/c1-11-3-7-2-6(9)4-12(7)5-8(10)13/h6-7,11H,2-5H2,1H3,(H2,10,13)/t6-,7+/m0/s1. The van der Waals surface area contributed by atoms with Crippen molar-refractivity contribution in [2.75, 3.05) is 26.7 Å². The number of carbonyl (C=O) groups is 1. The summed E-state index contributed by atoms with van der Waals surface area (Å²) in [7, 11) is 1.81. The number of amides is 1. The predicted molar refractivity (Wildman–Crippen MR) is 48.0 cm³/mol. The summed E-state index contributed by atoms with van der Waals surface area (Å²) in [6.45, 7) is 1.19. The second kappa shape index (κ2) is 4.53. The molecule has 0 bridgehead atoms. The molecular formula is C8H16FN3O. The number of nitrogens with zero attached hydrogens (tertiary/aromatic N) is 1. The number of primary amides is 1. The van der Waals surface area contributed by atoms with Gasteiger partial charge in [-0.2, -0.15) is 0 Å². The molecule has 0 aromatic carbocycles. The molecule has 0 aromatic heterocycles. The number of hydrogen-bond acceptors (Lipinski definition) is 3. The van der Waals surface area contributed by atoms with Gasteiger partial charge in [0.2, 0.25) is 5.91 Å². The van der Waals surface area contributed by atoms with Gasteiger partial charge in [-0.1, -0.05) is 0 Å². The minimum atomic E-state index is -0.822. The summed E-state index contributed by atoms with van der Waals surface area (Å²) in [4.78, 5) is 12.4. The second-order valence-corrected chi connectivity index (χ2v) is 3.44. The van der Waals surface area contributed by atoms with Crippen LogP contribution in [-0.4, -0.2) is 49.7 Å². The van der Waals surface area contributed by atoms with Gasteiger partial charge in [0.15, 0.2) is 0 Å². The van der Waals surface area contributed by atoms with Crippen molar-refractivity contribution in [2.24, 2.45) is 5.73 Å². The molecule has 1 amide bonds. The summed E-state index contributed by atoms with van der Waals surface area (Å²) in [6.07, 6.45) is -0.327. The highest BCUT2D eigenvalue weighted by molar-refractivity contribution is 5.76. The fourth-order valence-electron chi connectivity index (χ4n) is 1.76. The number of likely N-dealkylation sites (tertiary alicyclic amines) is 1. The maximum absolute atomic E-state index is 13.0. The lowest BCUT2D eigenvalue weighted by Gasteiger charge is -2.21. The van der Waals surface area contributed by atoms with Gasteiger partial charge in [0.25, 0.3) is 0 Å². The zero-order chi connectivity index (χ0) is 9.84. The Kier molecular flexibility index (Phi) is 3.62. The van der Waals surface area contributed by atoms with Crippen molar-refractivity contribution in [2.45, 2.75) is 18.6 Å². The molecule has 1 aliphatic rings. The van der Waals surface area contributed by atoms with Gasteiger partial charge in [-0.3, -0.25) is 9.69 Å². The molecule has 5 heteroatoms. The van der Waals surface area contributed by atoms with E-state index in [-0.39, 0.29) is 12.6 Å². The monoisotopic (exact) mass is 189 g/mol. The molecule has 13 heavy (non-hydrogen) atoms. The first kappa shape index (κ1) is 10.4. The van der Waals surface area contributed by atoms with Gasteiger partial charge in [0.1, 0.15) is 6.17 Å². The number of carbonyl (C=O) groups excluding carboxylic acids is 1. The molecule has 0 spiro atoms. The van der Waals surface area contributed by atoms with Gasteiger partial charge >= 0.3 is 0 Å². The molecule has 1 fully saturated rings. The van der Waals surface area contributed by atoms with Gasteiger partial charge in [-0.15, -0.1) is 0 Å². The molecule has 2 atom stereocenters. The summed E-state index contributed by atoms with van der Waals surface area (Å²) in [6, 6.07) is 0.104. The van der Waals surface area contributed by atoms with Crippen molar-refractivity contribution in [1.82, 2.24) is 10.2 Å². The lowest BCUT2D eigenvalue weighted by atomic mass is 10.2. The van der Waals surface area contributed by atoms with Crippen LogP contribution in [0.15, 0.2) is 0 Å². The number of nitrogens with one attached hydrogen (secondary N) is 1. The lowest BCUT2D eigenvalue weighted by Crippen LogP contribution is -2.41. The highest BCUT2D eigenvalue weighted by Crippen LogP contribution is 2.18. The molecule has 1 saturated heterocycles. The van der Waals surface area contributed by atoms with Crippen LogP contribution in [0.5, 0.6) is 0 Å². The Labute approximate surface area is 77.3 Å². The average Bonchev–Trinajstić information content (AvgIpc) is 2.31. The Hall–Kier alpha value is -0.680. The number of halogens is 1. The summed E-state index contributed by atoms with van der Waals surface area (Å²) in [5.74, 6) is -0.393. The Morgan fingerprint density at radius 3 is 3.00 bits per heavy atom. The van der Waals surface area contributed by atoms with E-state index in [2.05, 4.69) is 5.32 Å². The fraction of sp³-hybridized carbons (Fsp3) is 0.875. The quantitative estimate of drug-likeness (QED) is 0.603. The summed E-state index contributed by atoms with van der Waals surface area (Å²) >= 11 is 0. The predicted octanol–water partition coefficient (Wildman–Crippen LogP) is -0.896.